The summed E-state index contributed by atoms with van der Waals surface area (Å²) < 4.78 is 18.2. The fourth-order valence-electron chi connectivity index (χ4n) is 2.09. The minimum atomic E-state index is -0.427. The van der Waals surface area contributed by atoms with Crippen LogP contribution in [0.4, 0.5) is 10.1 Å². The summed E-state index contributed by atoms with van der Waals surface area (Å²) in [6.07, 6.45) is 3.92. The molecule has 23 heavy (non-hydrogen) atoms. The predicted octanol–water partition coefficient (Wildman–Crippen LogP) is 3.58. The second-order valence-electron chi connectivity index (χ2n) is 4.85. The van der Waals surface area contributed by atoms with Crippen LogP contribution >= 0.6 is 0 Å². The summed E-state index contributed by atoms with van der Waals surface area (Å²) in [4.78, 5) is 24.1. The Morgan fingerprint density at radius 2 is 1.83 bits per heavy atom. The number of carbonyl (C=O) groups is 1. The summed E-state index contributed by atoms with van der Waals surface area (Å²) in [5.74, 6) is -0.809. The number of rotatable bonds is 3. The standard InChI is InChI=1S/C18H12FNO3/c19-13-6-8-14(9-7-13)20-17(21)10-5-12-11-23-16-4-2-1-3-15(16)18(12)22/h1-11H,(H,20,21)/b10-5+. The van der Waals surface area contributed by atoms with Gasteiger partial charge in [0.1, 0.15) is 17.7 Å². The van der Waals surface area contributed by atoms with Crippen LogP contribution in [0, 0.1) is 5.82 Å². The lowest BCUT2D eigenvalue weighted by Crippen LogP contribution is -2.09. The van der Waals surface area contributed by atoms with Crippen molar-refractivity contribution in [1.29, 1.82) is 0 Å². The van der Waals surface area contributed by atoms with Crippen LogP contribution in [0.25, 0.3) is 17.0 Å². The van der Waals surface area contributed by atoms with Crippen LogP contribution in [0.15, 0.2) is 70.1 Å². The molecule has 1 heterocycles. The monoisotopic (exact) mass is 309 g/mol. The third kappa shape index (κ3) is 3.35. The molecule has 4 nitrogen and oxygen atoms in total. The fourth-order valence-corrected chi connectivity index (χ4v) is 2.09. The first-order chi connectivity index (χ1) is 11.1. The fraction of sp³-hybridized carbons (Fsp3) is 0. The highest BCUT2D eigenvalue weighted by atomic mass is 19.1. The summed E-state index contributed by atoms with van der Waals surface area (Å²) in [7, 11) is 0. The van der Waals surface area contributed by atoms with Crippen molar-refractivity contribution in [2.75, 3.05) is 5.32 Å². The van der Waals surface area contributed by atoms with E-state index in [1.54, 1.807) is 24.3 Å². The van der Waals surface area contributed by atoms with E-state index in [4.69, 9.17) is 4.42 Å². The van der Waals surface area contributed by atoms with Crippen LogP contribution in [0.2, 0.25) is 0 Å². The molecule has 0 unspecified atom stereocenters. The number of hydrogen-bond acceptors (Lipinski definition) is 3. The number of carbonyl (C=O) groups excluding carboxylic acids is 1. The predicted molar refractivity (Wildman–Crippen MR) is 86.5 cm³/mol. The smallest absolute Gasteiger partial charge is 0.248 e. The van der Waals surface area contributed by atoms with Crippen molar-refractivity contribution in [2.45, 2.75) is 0 Å². The van der Waals surface area contributed by atoms with Crippen LogP contribution in [0.5, 0.6) is 0 Å². The molecule has 0 spiro atoms. The van der Waals surface area contributed by atoms with Crippen molar-refractivity contribution in [2.24, 2.45) is 0 Å². The lowest BCUT2D eigenvalue weighted by molar-refractivity contribution is -0.111. The molecule has 3 rings (SSSR count). The molecule has 0 radical (unpaired) electrons. The molecule has 0 fully saturated rings. The number of amides is 1. The third-order valence-corrected chi connectivity index (χ3v) is 3.23. The second-order valence-corrected chi connectivity index (χ2v) is 4.85. The molecule has 0 bridgehead atoms. The lowest BCUT2D eigenvalue weighted by Gasteiger charge is -2.01. The second kappa shape index (κ2) is 6.27. The molecule has 0 saturated carbocycles. The molecule has 0 aliphatic rings. The Kier molecular flexibility index (Phi) is 4.01. The van der Waals surface area contributed by atoms with E-state index in [1.165, 1.54) is 42.7 Å². The Bertz CT molecular complexity index is 942. The molecular weight excluding hydrogens is 297 g/mol. The van der Waals surface area contributed by atoms with Crippen molar-refractivity contribution in [3.63, 3.8) is 0 Å². The van der Waals surface area contributed by atoms with E-state index in [0.29, 0.717) is 16.7 Å². The van der Waals surface area contributed by atoms with Crippen molar-refractivity contribution in [3.8, 4) is 0 Å². The number of fused-ring (bicyclic) bond motifs is 1. The van der Waals surface area contributed by atoms with Crippen molar-refractivity contribution < 1.29 is 13.6 Å². The zero-order valence-corrected chi connectivity index (χ0v) is 12.0. The van der Waals surface area contributed by atoms with Crippen molar-refractivity contribution in [1.82, 2.24) is 0 Å². The van der Waals surface area contributed by atoms with Gasteiger partial charge in [-0.1, -0.05) is 12.1 Å². The summed E-state index contributed by atoms with van der Waals surface area (Å²) in [5, 5.41) is 3.02. The van der Waals surface area contributed by atoms with Crippen LogP contribution in [0.3, 0.4) is 0 Å². The Labute approximate surface area is 130 Å². The molecule has 5 heteroatoms. The van der Waals surface area contributed by atoms with Gasteiger partial charge in [-0.05, 0) is 42.5 Å². The van der Waals surface area contributed by atoms with Crippen molar-refractivity contribution in [3.05, 3.63) is 82.5 Å². The van der Waals surface area contributed by atoms with Crippen LogP contribution in [-0.2, 0) is 4.79 Å². The number of halogens is 1. The Balaban J connectivity index is 1.79. The highest BCUT2D eigenvalue weighted by Gasteiger charge is 2.04. The maximum atomic E-state index is 12.8. The molecule has 1 N–H and O–H groups in total. The molecule has 0 saturated heterocycles. The number of anilines is 1. The molecule has 2 aromatic carbocycles. The van der Waals surface area contributed by atoms with E-state index in [1.807, 2.05) is 0 Å². The summed E-state index contributed by atoms with van der Waals surface area (Å²) in [6, 6.07) is 12.3. The largest absolute Gasteiger partial charge is 0.463 e. The van der Waals surface area contributed by atoms with Gasteiger partial charge in [-0.3, -0.25) is 9.59 Å². The van der Waals surface area contributed by atoms with Crippen LogP contribution < -0.4 is 10.7 Å². The normalized spacial score (nSPS) is 11.0. The zero-order valence-electron chi connectivity index (χ0n) is 12.0. The van der Waals surface area contributed by atoms with Gasteiger partial charge in [-0.15, -0.1) is 0 Å². The van der Waals surface area contributed by atoms with Gasteiger partial charge >= 0.3 is 0 Å². The zero-order chi connectivity index (χ0) is 16.2. The van der Waals surface area contributed by atoms with Gasteiger partial charge in [0.25, 0.3) is 0 Å². The van der Waals surface area contributed by atoms with E-state index in [2.05, 4.69) is 5.32 Å². The minimum absolute atomic E-state index is 0.210. The summed E-state index contributed by atoms with van der Waals surface area (Å²) >= 11 is 0. The molecule has 0 aliphatic carbocycles. The van der Waals surface area contributed by atoms with Gasteiger partial charge in [0, 0.05) is 11.8 Å². The first-order valence-electron chi connectivity index (χ1n) is 6.89. The first kappa shape index (κ1) is 14.7. The molecule has 114 valence electrons. The van der Waals surface area contributed by atoms with Gasteiger partial charge in [-0.25, -0.2) is 4.39 Å². The van der Waals surface area contributed by atoms with Crippen molar-refractivity contribution >= 4 is 28.6 Å². The van der Waals surface area contributed by atoms with Crippen LogP contribution in [-0.4, -0.2) is 5.91 Å². The van der Waals surface area contributed by atoms with E-state index >= 15 is 0 Å². The first-order valence-corrected chi connectivity index (χ1v) is 6.89. The Morgan fingerprint density at radius 1 is 1.09 bits per heavy atom. The molecule has 1 amide bonds. The average Bonchev–Trinajstić information content (AvgIpc) is 2.57. The molecular formula is C18H12FNO3. The third-order valence-electron chi connectivity index (χ3n) is 3.23. The molecule has 3 aromatic rings. The number of nitrogens with one attached hydrogen (secondary N) is 1. The molecule has 0 aliphatic heterocycles. The van der Waals surface area contributed by atoms with Gasteiger partial charge < -0.3 is 9.73 Å². The van der Waals surface area contributed by atoms with Crippen LogP contribution in [0.1, 0.15) is 5.56 Å². The molecule has 1 aromatic heterocycles. The average molecular weight is 309 g/mol. The topological polar surface area (TPSA) is 59.3 Å². The quantitative estimate of drug-likeness (QED) is 0.752. The maximum Gasteiger partial charge on any atom is 0.248 e. The Morgan fingerprint density at radius 3 is 2.61 bits per heavy atom. The number of benzene rings is 2. The van der Waals surface area contributed by atoms with E-state index in [-0.39, 0.29) is 16.8 Å². The highest BCUT2D eigenvalue weighted by Crippen LogP contribution is 2.12. The van der Waals surface area contributed by atoms with E-state index in [0.717, 1.165) is 0 Å². The van der Waals surface area contributed by atoms with Gasteiger partial charge in [0.15, 0.2) is 5.43 Å². The van der Waals surface area contributed by atoms with Gasteiger partial charge in [0.05, 0.1) is 10.9 Å². The van der Waals surface area contributed by atoms with Gasteiger partial charge in [-0.2, -0.15) is 0 Å². The summed E-state index contributed by atoms with van der Waals surface area (Å²) in [5.41, 5.74) is 1.02. The minimum Gasteiger partial charge on any atom is -0.463 e. The Hall–Kier alpha value is -3.21. The SMILES string of the molecule is O=C(/C=C/c1coc2ccccc2c1=O)Nc1ccc(F)cc1. The number of hydrogen-bond donors (Lipinski definition) is 1. The van der Waals surface area contributed by atoms with E-state index < -0.39 is 5.91 Å². The summed E-state index contributed by atoms with van der Waals surface area (Å²) in [6.45, 7) is 0. The lowest BCUT2D eigenvalue weighted by atomic mass is 10.1. The molecule has 0 atom stereocenters. The maximum absolute atomic E-state index is 12.8. The van der Waals surface area contributed by atoms with E-state index in [9.17, 15) is 14.0 Å². The van der Waals surface area contributed by atoms with Gasteiger partial charge in [0.2, 0.25) is 5.91 Å². The highest BCUT2D eigenvalue weighted by molar-refractivity contribution is 6.02. The number of para-hydroxylation sites is 1.